The predicted octanol–water partition coefficient (Wildman–Crippen LogP) is 3.28. The van der Waals surface area contributed by atoms with E-state index in [2.05, 4.69) is 5.32 Å². The number of para-hydroxylation sites is 1. The number of nitriles is 1. The van der Waals surface area contributed by atoms with E-state index >= 15 is 0 Å². The van der Waals surface area contributed by atoms with Crippen LogP contribution in [0.3, 0.4) is 0 Å². The Kier molecular flexibility index (Phi) is 6.02. The maximum absolute atomic E-state index is 13.1. The van der Waals surface area contributed by atoms with Crippen molar-refractivity contribution in [3.05, 3.63) is 71.6 Å². The molecule has 0 bridgehead atoms. The summed E-state index contributed by atoms with van der Waals surface area (Å²) < 4.78 is 18.0. The molecule has 0 aliphatic rings. The summed E-state index contributed by atoms with van der Waals surface area (Å²) >= 11 is 0. The van der Waals surface area contributed by atoms with Crippen molar-refractivity contribution in [3.8, 4) is 6.07 Å². The molecule has 2 rings (SSSR count). The van der Waals surface area contributed by atoms with Crippen LogP contribution in [0.1, 0.15) is 18.1 Å². The smallest absolute Gasteiger partial charge is 0.331 e. The van der Waals surface area contributed by atoms with Gasteiger partial charge in [-0.1, -0.05) is 24.3 Å². The summed E-state index contributed by atoms with van der Waals surface area (Å²) in [5.74, 6) is -1.71. The Bertz CT molecular complexity index is 856. The molecule has 0 aliphatic heterocycles. The lowest BCUT2D eigenvalue weighted by Gasteiger charge is -2.13. The number of rotatable bonds is 5. The lowest BCUT2D eigenvalue weighted by atomic mass is 10.2. The number of nitrogens with one attached hydrogen (secondary N) is 1. The van der Waals surface area contributed by atoms with E-state index in [0.29, 0.717) is 16.8 Å². The quantitative estimate of drug-likeness (QED) is 0.670. The molecule has 5 nitrogen and oxygen atoms in total. The molecule has 0 saturated carbocycles. The molecule has 0 heterocycles. The summed E-state index contributed by atoms with van der Waals surface area (Å²) in [6.45, 7) is 1.41. The summed E-state index contributed by atoms with van der Waals surface area (Å²) in [6, 6.07) is 14.2. The van der Waals surface area contributed by atoms with E-state index in [4.69, 9.17) is 10.00 Å². The van der Waals surface area contributed by atoms with Gasteiger partial charge >= 0.3 is 5.97 Å². The zero-order chi connectivity index (χ0) is 18.2. The van der Waals surface area contributed by atoms with Gasteiger partial charge < -0.3 is 10.1 Å². The van der Waals surface area contributed by atoms with Crippen molar-refractivity contribution in [2.45, 2.75) is 13.0 Å². The van der Waals surface area contributed by atoms with Gasteiger partial charge in [-0.25, -0.2) is 9.18 Å². The number of anilines is 1. The van der Waals surface area contributed by atoms with Gasteiger partial charge in [0.25, 0.3) is 5.91 Å². The lowest BCUT2D eigenvalue weighted by molar-refractivity contribution is -0.148. The van der Waals surface area contributed by atoms with Crippen molar-refractivity contribution in [1.29, 1.82) is 5.26 Å². The van der Waals surface area contributed by atoms with E-state index in [1.807, 2.05) is 6.07 Å². The number of halogens is 1. The summed E-state index contributed by atoms with van der Waals surface area (Å²) in [5, 5.41) is 11.5. The van der Waals surface area contributed by atoms with Crippen LogP contribution in [0.25, 0.3) is 6.08 Å². The molecule has 0 spiro atoms. The number of carbonyl (C=O) groups excluding carboxylic acids is 2. The number of hydrogen-bond donors (Lipinski definition) is 1. The largest absolute Gasteiger partial charge is 0.449 e. The SMILES string of the molecule is C[C@H](OC(=O)/C=C/c1cccc(F)c1)C(=O)Nc1ccccc1C#N. The second-order valence-corrected chi connectivity index (χ2v) is 5.11. The van der Waals surface area contributed by atoms with Crippen molar-refractivity contribution in [2.75, 3.05) is 5.32 Å². The van der Waals surface area contributed by atoms with Gasteiger partial charge in [-0.2, -0.15) is 5.26 Å². The number of esters is 1. The molecule has 126 valence electrons. The van der Waals surface area contributed by atoms with Crippen molar-refractivity contribution >= 4 is 23.6 Å². The van der Waals surface area contributed by atoms with Crippen LogP contribution in [-0.4, -0.2) is 18.0 Å². The molecule has 0 aromatic heterocycles. The van der Waals surface area contributed by atoms with Crippen LogP contribution < -0.4 is 5.32 Å². The Hall–Kier alpha value is -3.46. The number of carbonyl (C=O) groups is 2. The molecule has 2 aromatic rings. The van der Waals surface area contributed by atoms with Crippen LogP contribution in [0.2, 0.25) is 0 Å². The van der Waals surface area contributed by atoms with Crippen molar-refractivity contribution in [1.82, 2.24) is 0 Å². The maximum Gasteiger partial charge on any atom is 0.331 e. The van der Waals surface area contributed by atoms with Crippen LogP contribution in [-0.2, 0) is 14.3 Å². The van der Waals surface area contributed by atoms with Gasteiger partial charge in [0, 0.05) is 6.08 Å². The van der Waals surface area contributed by atoms with E-state index < -0.39 is 23.8 Å². The van der Waals surface area contributed by atoms with E-state index in [-0.39, 0.29) is 0 Å². The minimum absolute atomic E-state index is 0.306. The van der Waals surface area contributed by atoms with Gasteiger partial charge in [-0.05, 0) is 42.8 Å². The van der Waals surface area contributed by atoms with Crippen molar-refractivity contribution < 1.29 is 18.7 Å². The van der Waals surface area contributed by atoms with Gasteiger partial charge in [0.15, 0.2) is 6.10 Å². The number of amides is 1. The number of ether oxygens (including phenoxy) is 1. The lowest BCUT2D eigenvalue weighted by Crippen LogP contribution is -2.29. The second kappa shape index (κ2) is 8.41. The molecule has 0 aliphatic carbocycles. The van der Waals surface area contributed by atoms with Crippen molar-refractivity contribution in [3.63, 3.8) is 0 Å². The van der Waals surface area contributed by atoms with Gasteiger partial charge in [0.2, 0.25) is 0 Å². The first-order chi connectivity index (χ1) is 12.0. The first kappa shape index (κ1) is 17.9. The Labute approximate surface area is 144 Å². The second-order valence-electron chi connectivity index (χ2n) is 5.11. The Balaban J connectivity index is 1.94. The zero-order valence-electron chi connectivity index (χ0n) is 13.4. The molecule has 2 aromatic carbocycles. The molecule has 0 fully saturated rings. The number of hydrogen-bond acceptors (Lipinski definition) is 4. The van der Waals surface area contributed by atoms with Crippen LogP contribution in [0.15, 0.2) is 54.6 Å². The van der Waals surface area contributed by atoms with E-state index in [1.165, 1.54) is 31.2 Å². The molecule has 1 N–H and O–H groups in total. The topological polar surface area (TPSA) is 79.2 Å². The molecular weight excluding hydrogens is 323 g/mol. The van der Waals surface area contributed by atoms with Gasteiger partial charge in [0.05, 0.1) is 11.3 Å². The highest BCUT2D eigenvalue weighted by Crippen LogP contribution is 2.14. The highest BCUT2D eigenvalue weighted by Gasteiger charge is 2.17. The van der Waals surface area contributed by atoms with Crippen LogP contribution in [0, 0.1) is 17.1 Å². The third kappa shape index (κ3) is 5.29. The Morgan fingerprint density at radius 3 is 2.72 bits per heavy atom. The Morgan fingerprint density at radius 1 is 1.24 bits per heavy atom. The normalized spacial score (nSPS) is 11.6. The monoisotopic (exact) mass is 338 g/mol. The predicted molar refractivity (Wildman–Crippen MR) is 90.8 cm³/mol. The minimum atomic E-state index is -1.06. The first-order valence-corrected chi connectivity index (χ1v) is 7.44. The van der Waals surface area contributed by atoms with E-state index in [1.54, 1.807) is 30.3 Å². The summed E-state index contributed by atoms with van der Waals surface area (Å²) in [5.41, 5.74) is 1.14. The molecule has 0 saturated heterocycles. The number of benzene rings is 2. The Morgan fingerprint density at radius 2 is 2.00 bits per heavy atom. The van der Waals surface area contributed by atoms with E-state index in [0.717, 1.165) is 6.08 Å². The molecule has 1 atom stereocenters. The summed E-state index contributed by atoms with van der Waals surface area (Å²) in [7, 11) is 0. The average molecular weight is 338 g/mol. The van der Waals surface area contributed by atoms with Crippen LogP contribution in [0.5, 0.6) is 0 Å². The third-order valence-electron chi connectivity index (χ3n) is 3.23. The third-order valence-corrected chi connectivity index (χ3v) is 3.23. The molecule has 25 heavy (non-hydrogen) atoms. The van der Waals surface area contributed by atoms with Crippen LogP contribution in [0.4, 0.5) is 10.1 Å². The van der Waals surface area contributed by atoms with Gasteiger partial charge in [0.1, 0.15) is 11.9 Å². The molecular formula is C19H15FN2O3. The van der Waals surface area contributed by atoms with Gasteiger partial charge in [-0.15, -0.1) is 0 Å². The van der Waals surface area contributed by atoms with Crippen molar-refractivity contribution in [2.24, 2.45) is 0 Å². The van der Waals surface area contributed by atoms with Crippen LogP contribution >= 0.6 is 0 Å². The fraction of sp³-hybridized carbons (Fsp3) is 0.105. The highest BCUT2D eigenvalue weighted by molar-refractivity contribution is 5.97. The minimum Gasteiger partial charge on any atom is -0.449 e. The summed E-state index contributed by atoms with van der Waals surface area (Å²) in [6.07, 6.45) is 1.44. The number of nitrogens with zero attached hydrogens (tertiary/aromatic N) is 1. The molecule has 6 heteroatoms. The summed E-state index contributed by atoms with van der Waals surface area (Å²) in [4.78, 5) is 23.8. The first-order valence-electron chi connectivity index (χ1n) is 7.44. The molecule has 0 radical (unpaired) electrons. The zero-order valence-corrected chi connectivity index (χ0v) is 13.4. The fourth-order valence-corrected chi connectivity index (χ4v) is 1.97. The molecule has 0 unspecified atom stereocenters. The highest BCUT2D eigenvalue weighted by atomic mass is 19.1. The van der Waals surface area contributed by atoms with Gasteiger partial charge in [-0.3, -0.25) is 4.79 Å². The maximum atomic E-state index is 13.1. The molecule has 1 amide bonds. The van der Waals surface area contributed by atoms with E-state index in [9.17, 15) is 14.0 Å². The average Bonchev–Trinajstić information content (AvgIpc) is 2.60. The fourth-order valence-electron chi connectivity index (χ4n) is 1.97. The standard InChI is InChI=1S/C19H15FN2O3/c1-13(19(24)22-17-8-3-2-6-15(17)12-21)25-18(23)10-9-14-5-4-7-16(20)11-14/h2-11,13H,1H3,(H,22,24)/b10-9+/t13-/m0/s1.